The molecular weight excluding hydrogens is 256 g/mol. The second kappa shape index (κ2) is 8.20. The summed E-state index contributed by atoms with van der Waals surface area (Å²) in [6.45, 7) is 1.66. The number of nitrogens with zero attached hydrogens (tertiary/aromatic N) is 1. The number of aliphatic carboxylic acids is 1. The third-order valence-corrected chi connectivity index (χ3v) is 3.37. The summed E-state index contributed by atoms with van der Waals surface area (Å²) in [6, 6.07) is -0.0410. The molecule has 0 aromatic carbocycles. The maximum absolute atomic E-state index is 11.7. The summed E-state index contributed by atoms with van der Waals surface area (Å²) in [4.78, 5) is 23.8. The van der Waals surface area contributed by atoms with E-state index in [1.807, 2.05) is 6.26 Å². The summed E-state index contributed by atoms with van der Waals surface area (Å²) in [6.07, 6.45) is 3.35. The third-order valence-electron chi connectivity index (χ3n) is 2.75. The van der Waals surface area contributed by atoms with Crippen molar-refractivity contribution < 1.29 is 19.4 Å². The molecule has 0 atom stereocenters. The standard InChI is InChI=1S/C11H20N2O4S/c1-18-7-4-12-11(16)13-5-2-9(3-6-13)17-8-10(14)15/h9H,2-8H2,1H3,(H,12,16)(H,14,15). The number of piperidine rings is 1. The highest BCUT2D eigenvalue weighted by molar-refractivity contribution is 7.98. The Bertz CT molecular complexity index is 280. The third kappa shape index (κ3) is 5.59. The minimum Gasteiger partial charge on any atom is -0.480 e. The Morgan fingerprint density at radius 3 is 2.67 bits per heavy atom. The van der Waals surface area contributed by atoms with Crippen molar-refractivity contribution in [3.8, 4) is 0 Å². The number of rotatable bonds is 6. The van der Waals surface area contributed by atoms with Crippen LogP contribution in [0.5, 0.6) is 0 Å². The molecule has 1 heterocycles. The van der Waals surface area contributed by atoms with Crippen molar-refractivity contribution in [1.82, 2.24) is 10.2 Å². The zero-order valence-electron chi connectivity index (χ0n) is 10.6. The molecule has 0 saturated carbocycles. The Hall–Kier alpha value is -0.950. The van der Waals surface area contributed by atoms with Crippen LogP contribution in [0.25, 0.3) is 0 Å². The van der Waals surface area contributed by atoms with E-state index < -0.39 is 5.97 Å². The summed E-state index contributed by atoms with van der Waals surface area (Å²) in [5, 5.41) is 11.4. The average molecular weight is 276 g/mol. The van der Waals surface area contributed by atoms with Crippen LogP contribution in [0.3, 0.4) is 0 Å². The van der Waals surface area contributed by atoms with Gasteiger partial charge in [0.05, 0.1) is 6.10 Å². The van der Waals surface area contributed by atoms with E-state index in [9.17, 15) is 9.59 Å². The second-order valence-corrected chi connectivity index (χ2v) is 5.10. The van der Waals surface area contributed by atoms with E-state index in [1.54, 1.807) is 16.7 Å². The van der Waals surface area contributed by atoms with Gasteiger partial charge in [0.15, 0.2) is 0 Å². The fraction of sp³-hybridized carbons (Fsp3) is 0.818. The molecule has 1 saturated heterocycles. The fourth-order valence-electron chi connectivity index (χ4n) is 1.79. The lowest BCUT2D eigenvalue weighted by atomic mass is 10.1. The Labute approximate surface area is 111 Å². The highest BCUT2D eigenvalue weighted by Gasteiger charge is 2.23. The van der Waals surface area contributed by atoms with Gasteiger partial charge >= 0.3 is 12.0 Å². The van der Waals surface area contributed by atoms with Crippen molar-refractivity contribution in [2.24, 2.45) is 0 Å². The van der Waals surface area contributed by atoms with Gasteiger partial charge in [-0.25, -0.2) is 9.59 Å². The van der Waals surface area contributed by atoms with Crippen molar-refractivity contribution >= 4 is 23.8 Å². The lowest BCUT2D eigenvalue weighted by molar-refractivity contribution is -0.145. The van der Waals surface area contributed by atoms with Gasteiger partial charge in [0.25, 0.3) is 0 Å². The summed E-state index contributed by atoms with van der Waals surface area (Å²) in [5.41, 5.74) is 0. The molecule has 0 unspecified atom stereocenters. The average Bonchev–Trinajstić information content (AvgIpc) is 2.37. The van der Waals surface area contributed by atoms with Crippen LogP contribution in [-0.4, -0.2) is 66.4 Å². The summed E-state index contributed by atoms with van der Waals surface area (Å²) >= 11 is 1.69. The lowest BCUT2D eigenvalue weighted by Gasteiger charge is -2.31. The van der Waals surface area contributed by atoms with E-state index in [2.05, 4.69) is 5.32 Å². The number of hydrogen-bond donors (Lipinski definition) is 2. The first-order valence-electron chi connectivity index (χ1n) is 5.98. The van der Waals surface area contributed by atoms with Crippen molar-refractivity contribution in [3.05, 3.63) is 0 Å². The Kier molecular flexibility index (Phi) is 6.89. The first-order chi connectivity index (χ1) is 8.63. The van der Waals surface area contributed by atoms with Crippen molar-refractivity contribution in [1.29, 1.82) is 0 Å². The van der Waals surface area contributed by atoms with Gasteiger partial charge in [0, 0.05) is 25.4 Å². The predicted octanol–water partition coefficient (Wildman–Crippen LogP) is 0.625. The number of urea groups is 1. The zero-order valence-corrected chi connectivity index (χ0v) is 11.4. The normalized spacial score (nSPS) is 16.6. The first kappa shape index (κ1) is 15.1. The smallest absolute Gasteiger partial charge is 0.329 e. The fourth-order valence-corrected chi connectivity index (χ4v) is 2.09. The summed E-state index contributed by atoms with van der Waals surface area (Å²) in [5.74, 6) is -0.0450. The van der Waals surface area contributed by atoms with Crippen LogP contribution in [0.15, 0.2) is 0 Å². The number of hydrogen-bond acceptors (Lipinski definition) is 4. The van der Waals surface area contributed by atoms with Gasteiger partial charge in [-0.15, -0.1) is 0 Å². The number of carbonyl (C=O) groups excluding carboxylic acids is 1. The van der Waals surface area contributed by atoms with E-state index >= 15 is 0 Å². The van der Waals surface area contributed by atoms with E-state index in [4.69, 9.17) is 9.84 Å². The molecule has 1 rings (SSSR count). The molecule has 18 heavy (non-hydrogen) atoms. The van der Waals surface area contributed by atoms with Gasteiger partial charge < -0.3 is 20.1 Å². The highest BCUT2D eigenvalue weighted by Crippen LogP contribution is 2.13. The number of ether oxygens (including phenoxy) is 1. The predicted molar refractivity (Wildman–Crippen MR) is 70.0 cm³/mol. The molecule has 1 aliphatic heterocycles. The van der Waals surface area contributed by atoms with Crippen LogP contribution < -0.4 is 5.32 Å². The van der Waals surface area contributed by atoms with Crippen LogP contribution in [0.2, 0.25) is 0 Å². The lowest BCUT2D eigenvalue weighted by Crippen LogP contribution is -2.46. The van der Waals surface area contributed by atoms with E-state index in [0.717, 1.165) is 5.75 Å². The number of carboxylic acid groups (broad SMARTS) is 1. The number of carboxylic acids is 1. The van der Waals surface area contributed by atoms with Crippen LogP contribution in [0, 0.1) is 0 Å². The number of thioether (sulfide) groups is 1. The van der Waals surface area contributed by atoms with Crippen molar-refractivity contribution in [2.45, 2.75) is 18.9 Å². The molecule has 0 aromatic heterocycles. The molecule has 7 heteroatoms. The molecule has 0 bridgehead atoms. The molecule has 1 fully saturated rings. The van der Waals surface area contributed by atoms with Crippen LogP contribution in [0.1, 0.15) is 12.8 Å². The van der Waals surface area contributed by atoms with Gasteiger partial charge in [0.1, 0.15) is 6.61 Å². The molecular formula is C11H20N2O4S. The van der Waals surface area contributed by atoms with Gasteiger partial charge in [-0.05, 0) is 19.1 Å². The first-order valence-corrected chi connectivity index (χ1v) is 7.38. The molecule has 104 valence electrons. The molecule has 6 nitrogen and oxygen atoms in total. The molecule has 1 aliphatic rings. The number of nitrogens with one attached hydrogen (secondary N) is 1. The SMILES string of the molecule is CSCCNC(=O)N1CCC(OCC(=O)O)CC1. The maximum Gasteiger partial charge on any atom is 0.329 e. The second-order valence-electron chi connectivity index (χ2n) is 4.12. The topological polar surface area (TPSA) is 78.9 Å². The largest absolute Gasteiger partial charge is 0.480 e. The Balaban J connectivity index is 2.17. The van der Waals surface area contributed by atoms with Crippen LogP contribution in [-0.2, 0) is 9.53 Å². The van der Waals surface area contributed by atoms with Gasteiger partial charge in [-0.3, -0.25) is 0 Å². The van der Waals surface area contributed by atoms with Gasteiger partial charge in [0.2, 0.25) is 0 Å². The maximum atomic E-state index is 11.7. The van der Waals surface area contributed by atoms with Gasteiger partial charge in [-0.1, -0.05) is 0 Å². The number of carbonyl (C=O) groups is 2. The minimum atomic E-state index is -0.952. The van der Waals surface area contributed by atoms with E-state index in [1.165, 1.54) is 0 Å². The van der Waals surface area contributed by atoms with Crippen molar-refractivity contribution in [2.75, 3.05) is 38.2 Å². The Morgan fingerprint density at radius 1 is 1.44 bits per heavy atom. The molecule has 0 aliphatic carbocycles. The minimum absolute atomic E-state index is 0.0410. The molecule has 2 amide bonds. The number of amides is 2. The Morgan fingerprint density at radius 2 is 2.11 bits per heavy atom. The zero-order chi connectivity index (χ0) is 13.4. The van der Waals surface area contributed by atoms with Crippen LogP contribution >= 0.6 is 11.8 Å². The molecule has 0 spiro atoms. The highest BCUT2D eigenvalue weighted by atomic mass is 32.2. The summed E-state index contributed by atoms with van der Waals surface area (Å²) in [7, 11) is 0. The van der Waals surface area contributed by atoms with Crippen molar-refractivity contribution in [3.63, 3.8) is 0 Å². The van der Waals surface area contributed by atoms with Gasteiger partial charge in [-0.2, -0.15) is 11.8 Å². The molecule has 0 radical (unpaired) electrons. The molecule has 2 N–H and O–H groups in total. The summed E-state index contributed by atoms with van der Waals surface area (Å²) < 4.78 is 5.21. The van der Waals surface area contributed by atoms with Crippen LogP contribution in [0.4, 0.5) is 4.79 Å². The number of likely N-dealkylation sites (tertiary alicyclic amines) is 1. The quantitative estimate of drug-likeness (QED) is 0.695. The van der Waals surface area contributed by atoms with E-state index in [0.29, 0.717) is 32.5 Å². The van der Waals surface area contributed by atoms with E-state index in [-0.39, 0.29) is 18.7 Å². The molecule has 0 aromatic rings. The monoisotopic (exact) mass is 276 g/mol.